The molecule has 6 heteroatoms. The summed E-state index contributed by atoms with van der Waals surface area (Å²) in [5, 5.41) is 25.1. The fourth-order valence-corrected chi connectivity index (χ4v) is 0.692. The van der Waals surface area contributed by atoms with Gasteiger partial charge < -0.3 is 20.2 Å². The van der Waals surface area contributed by atoms with Crippen LogP contribution in [0.15, 0.2) is 0 Å². The minimum absolute atomic E-state index is 0.0777. The van der Waals surface area contributed by atoms with Gasteiger partial charge in [-0.3, -0.25) is 4.79 Å². The van der Waals surface area contributed by atoms with Crippen LogP contribution in [0, 0.1) is 0 Å². The topological polar surface area (TPSA) is 98.1 Å². The Kier molecular flexibility index (Phi) is 4.98. The summed E-state index contributed by atoms with van der Waals surface area (Å²) in [4.78, 5) is 21.7. The van der Waals surface area contributed by atoms with Crippen LogP contribution in [0.1, 0.15) is 0 Å². The largest absolute Gasteiger partial charge is 0.474 e. The van der Waals surface area contributed by atoms with Crippen LogP contribution in [-0.2, 0) is 9.59 Å². The number of aliphatic hydroxyl groups excluding tert-OH is 2. The second-order valence-corrected chi connectivity index (χ2v) is 2.04. The van der Waals surface area contributed by atoms with E-state index >= 15 is 0 Å². The molecule has 0 aliphatic heterocycles. The molecule has 0 bridgehead atoms. The molecule has 0 saturated carbocycles. The molecule has 1 amide bonds. The van der Waals surface area contributed by atoms with Crippen LogP contribution >= 0.6 is 0 Å². The average molecular weight is 177 g/mol. The number of carbonyl (C=O) groups excluding carboxylic acids is 1. The van der Waals surface area contributed by atoms with Crippen molar-refractivity contribution in [2.24, 2.45) is 0 Å². The average Bonchev–Trinajstić information content (AvgIpc) is 2.03. The predicted octanol–water partition coefficient (Wildman–Crippen LogP) is -2.12. The second kappa shape index (κ2) is 5.50. The highest BCUT2D eigenvalue weighted by atomic mass is 16.4. The Morgan fingerprint density at radius 3 is 1.75 bits per heavy atom. The zero-order valence-corrected chi connectivity index (χ0v) is 6.43. The summed E-state index contributed by atoms with van der Waals surface area (Å²) < 4.78 is 0. The van der Waals surface area contributed by atoms with E-state index in [0.29, 0.717) is 0 Å². The van der Waals surface area contributed by atoms with Gasteiger partial charge >= 0.3 is 11.9 Å². The van der Waals surface area contributed by atoms with Crippen molar-refractivity contribution in [3.8, 4) is 0 Å². The Labute approximate surface area is 69.0 Å². The molecule has 0 rings (SSSR count). The monoisotopic (exact) mass is 177 g/mol. The third-order valence-electron chi connectivity index (χ3n) is 1.21. The SMILES string of the molecule is O=C(O)C(=O)N(CCO)CCO. The van der Waals surface area contributed by atoms with Crippen molar-refractivity contribution in [3.63, 3.8) is 0 Å². The predicted molar refractivity (Wildman–Crippen MR) is 38.4 cm³/mol. The van der Waals surface area contributed by atoms with Gasteiger partial charge in [0.1, 0.15) is 0 Å². The Morgan fingerprint density at radius 2 is 1.50 bits per heavy atom. The van der Waals surface area contributed by atoms with Crippen molar-refractivity contribution in [1.29, 1.82) is 0 Å². The summed E-state index contributed by atoms with van der Waals surface area (Å²) in [6.07, 6.45) is 0. The zero-order valence-electron chi connectivity index (χ0n) is 6.43. The third-order valence-corrected chi connectivity index (χ3v) is 1.21. The number of aliphatic carboxylic acids is 1. The Bertz CT molecular complexity index is 163. The van der Waals surface area contributed by atoms with Crippen LogP contribution in [0.2, 0.25) is 0 Å². The molecule has 0 saturated heterocycles. The lowest BCUT2D eigenvalue weighted by Gasteiger charge is -2.17. The maximum Gasteiger partial charge on any atom is 0.394 e. The van der Waals surface area contributed by atoms with Gasteiger partial charge in [0.05, 0.1) is 13.2 Å². The molecule has 0 aliphatic rings. The van der Waals surface area contributed by atoms with Gasteiger partial charge in [0, 0.05) is 13.1 Å². The van der Waals surface area contributed by atoms with Gasteiger partial charge in [-0.2, -0.15) is 0 Å². The van der Waals surface area contributed by atoms with Gasteiger partial charge in [-0.15, -0.1) is 0 Å². The summed E-state index contributed by atoms with van der Waals surface area (Å²) in [6, 6.07) is 0. The van der Waals surface area contributed by atoms with Gasteiger partial charge in [0.15, 0.2) is 0 Å². The number of aliphatic hydroxyl groups is 2. The lowest BCUT2D eigenvalue weighted by molar-refractivity contribution is -0.156. The first-order valence-corrected chi connectivity index (χ1v) is 3.37. The summed E-state index contributed by atoms with van der Waals surface area (Å²) in [6.45, 7) is -0.796. The molecule has 3 N–H and O–H groups in total. The number of rotatable bonds is 4. The van der Waals surface area contributed by atoms with Gasteiger partial charge in [-0.1, -0.05) is 0 Å². The molecule has 0 radical (unpaired) electrons. The molecule has 0 unspecified atom stereocenters. The summed E-state index contributed by atoms with van der Waals surface area (Å²) in [5.41, 5.74) is 0. The zero-order chi connectivity index (χ0) is 9.56. The maximum absolute atomic E-state index is 10.7. The Morgan fingerprint density at radius 1 is 1.08 bits per heavy atom. The van der Waals surface area contributed by atoms with Crippen LogP contribution in [0.25, 0.3) is 0 Å². The smallest absolute Gasteiger partial charge is 0.394 e. The fourth-order valence-electron chi connectivity index (χ4n) is 0.692. The first-order chi connectivity index (χ1) is 5.63. The quantitative estimate of drug-likeness (QED) is 0.427. The van der Waals surface area contributed by atoms with Crippen molar-refractivity contribution in [1.82, 2.24) is 4.90 Å². The number of amides is 1. The van der Waals surface area contributed by atoms with E-state index in [0.717, 1.165) is 4.90 Å². The molecule has 0 aliphatic carbocycles. The van der Waals surface area contributed by atoms with E-state index < -0.39 is 11.9 Å². The van der Waals surface area contributed by atoms with Crippen LogP contribution in [-0.4, -0.2) is 58.4 Å². The van der Waals surface area contributed by atoms with Crippen LogP contribution in [0.5, 0.6) is 0 Å². The number of carbonyl (C=O) groups is 2. The standard InChI is InChI=1S/C6H11NO5/c8-3-1-7(2-4-9)5(10)6(11)12/h8-9H,1-4H2,(H,11,12). The van der Waals surface area contributed by atoms with Gasteiger partial charge in [-0.05, 0) is 0 Å². The molecule has 0 spiro atoms. The van der Waals surface area contributed by atoms with Gasteiger partial charge in [0.25, 0.3) is 0 Å². The van der Waals surface area contributed by atoms with E-state index in [9.17, 15) is 9.59 Å². The second-order valence-electron chi connectivity index (χ2n) is 2.04. The molecular formula is C6H11NO5. The number of carboxylic acids is 1. The normalized spacial score (nSPS) is 9.50. The van der Waals surface area contributed by atoms with E-state index in [-0.39, 0.29) is 26.3 Å². The first-order valence-electron chi connectivity index (χ1n) is 3.37. The Balaban J connectivity index is 4.08. The molecule has 0 aromatic heterocycles. The Hall–Kier alpha value is -1.14. The molecular weight excluding hydrogens is 166 g/mol. The van der Waals surface area contributed by atoms with Gasteiger partial charge in [-0.25, -0.2) is 4.79 Å². The van der Waals surface area contributed by atoms with Gasteiger partial charge in [0.2, 0.25) is 0 Å². The minimum Gasteiger partial charge on any atom is -0.474 e. The van der Waals surface area contributed by atoms with E-state index in [1.54, 1.807) is 0 Å². The number of hydrogen-bond acceptors (Lipinski definition) is 4. The molecule has 12 heavy (non-hydrogen) atoms. The summed E-state index contributed by atoms with van der Waals surface area (Å²) in [5.74, 6) is -2.70. The highest BCUT2D eigenvalue weighted by Crippen LogP contribution is 1.88. The molecule has 0 aromatic carbocycles. The molecule has 0 heterocycles. The van der Waals surface area contributed by atoms with E-state index in [2.05, 4.69) is 0 Å². The molecule has 0 atom stereocenters. The highest BCUT2D eigenvalue weighted by molar-refractivity contribution is 6.31. The van der Waals surface area contributed by atoms with E-state index in [1.807, 2.05) is 0 Å². The minimum atomic E-state index is -1.59. The number of nitrogens with zero attached hydrogens (tertiary/aromatic N) is 1. The lowest BCUT2D eigenvalue weighted by Crippen LogP contribution is -2.40. The fraction of sp³-hybridized carbons (Fsp3) is 0.667. The third kappa shape index (κ3) is 3.31. The van der Waals surface area contributed by atoms with Crippen molar-refractivity contribution in [2.45, 2.75) is 0 Å². The van der Waals surface area contributed by atoms with Crippen molar-refractivity contribution in [3.05, 3.63) is 0 Å². The maximum atomic E-state index is 10.7. The van der Waals surface area contributed by atoms with Crippen molar-refractivity contribution < 1.29 is 24.9 Å². The summed E-state index contributed by atoms with van der Waals surface area (Å²) >= 11 is 0. The number of carboxylic acid groups (broad SMARTS) is 1. The van der Waals surface area contributed by atoms with E-state index in [4.69, 9.17) is 15.3 Å². The molecule has 0 aromatic rings. The highest BCUT2D eigenvalue weighted by Gasteiger charge is 2.19. The van der Waals surface area contributed by atoms with Crippen molar-refractivity contribution >= 4 is 11.9 Å². The lowest BCUT2D eigenvalue weighted by atomic mass is 10.4. The number of hydrogen-bond donors (Lipinski definition) is 3. The van der Waals surface area contributed by atoms with Crippen LogP contribution in [0.4, 0.5) is 0 Å². The van der Waals surface area contributed by atoms with Crippen molar-refractivity contribution in [2.75, 3.05) is 26.3 Å². The first kappa shape index (κ1) is 10.9. The molecule has 6 nitrogen and oxygen atoms in total. The summed E-state index contributed by atoms with van der Waals surface area (Å²) in [7, 11) is 0. The van der Waals surface area contributed by atoms with E-state index in [1.165, 1.54) is 0 Å². The van der Waals surface area contributed by atoms with Crippen LogP contribution < -0.4 is 0 Å². The van der Waals surface area contributed by atoms with Crippen LogP contribution in [0.3, 0.4) is 0 Å². The molecule has 0 fully saturated rings. The molecule has 70 valence electrons.